The molecule has 0 aliphatic heterocycles. The average molecular weight is 288 g/mol. The van der Waals surface area contributed by atoms with E-state index in [1.165, 1.54) is 31.4 Å². The van der Waals surface area contributed by atoms with Crippen molar-refractivity contribution >= 4 is 17.0 Å². The van der Waals surface area contributed by atoms with E-state index in [0.29, 0.717) is 0 Å². The fraction of sp³-hybridized carbons (Fsp3) is 1.00. The summed E-state index contributed by atoms with van der Waals surface area (Å²) in [7, 11) is -1.53. The zero-order valence-electron chi connectivity index (χ0n) is 14.2. The van der Waals surface area contributed by atoms with Crippen molar-refractivity contribution < 1.29 is 0 Å². The summed E-state index contributed by atoms with van der Waals surface area (Å²) in [6.45, 7) is 19.6. The van der Waals surface area contributed by atoms with Gasteiger partial charge in [0.2, 0.25) is 0 Å². The molecule has 0 saturated heterocycles. The van der Waals surface area contributed by atoms with Crippen LogP contribution in [0.25, 0.3) is 0 Å². The molecule has 0 fully saturated rings. The van der Waals surface area contributed by atoms with Crippen LogP contribution >= 0.6 is 0 Å². The molecule has 18 heavy (non-hydrogen) atoms. The highest BCUT2D eigenvalue weighted by atomic mass is 28.3. The lowest BCUT2D eigenvalue weighted by molar-refractivity contribution is 0.260. The molecule has 0 rings (SSSR count). The summed E-state index contributed by atoms with van der Waals surface area (Å²) in [6, 6.07) is 4.60. The van der Waals surface area contributed by atoms with Crippen LogP contribution < -0.4 is 0 Å². The maximum Gasteiger partial charge on any atom is 0.109 e. The second kappa shape index (κ2) is 8.54. The fourth-order valence-electron chi connectivity index (χ4n) is 2.80. The van der Waals surface area contributed by atoms with E-state index in [1.54, 1.807) is 0 Å². The Labute approximate surface area is 119 Å². The van der Waals surface area contributed by atoms with Gasteiger partial charge in [-0.3, -0.25) is 0 Å². The zero-order valence-corrected chi connectivity index (χ0v) is 16.4. The van der Waals surface area contributed by atoms with Crippen molar-refractivity contribution in [3.8, 4) is 0 Å². The minimum Gasteiger partial charge on any atom is -0.322 e. The number of rotatable bonds is 9. The van der Waals surface area contributed by atoms with Crippen molar-refractivity contribution in [3.05, 3.63) is 0 Å². The second-order valence-corrected chi connectivity index (χ2v) is 15.8. The molecule has 0 heterocycles. The zero-order chi connectivity index (χ0) is 14.3. The van der Waals surface area contributed by atoms with Crippen LogP contribution in [0, 0.1) is 0 Å². The first kappa shape index (κ1) is 18.4. The number of nitrogens with zero attached hydrogens (tertiary/aromatic N) is 1. The normalized spacial score (nSPS) is 17.8. The van der Waals surface area contributed by atoms with Crippen molar-refractivity contribution in [2.24, 2.45) is 0 Å². The lowest BCUT2D eigenvalue weighted by Crippen LogP contribution is -2.48. The van der Waals surface area contributed by atoms with E-state index < -0.39 is 17.0 Å². The van der Waals surface area contributed by atoms with Gasteiger partial charge in [-0.05, 0) is 18.9 Å². The van der Waals surface area contributed by atoms with E-state index in [1.807, 2.05) is 0 Å². The van der Waals surface area contributed by atoms with E-state index >= 15 is 0 Å². The molecular formula is C15H37NSi2. The van der Waals surface area contributed by atoms with Crippen molar-refractivity contribution in [1.29, 1.82) is 0 Å². The predicted molar refractivity (Wildman–Crippen MR) is 91.9 cm³/mol. The third-order valence-electron chi connectivity index (χ3n) is 4.26. The molecule has 0 aromatic heterocycles. The van der Waals surface area contributed by atoms with Gasteiger partial charge < -0.3 is 4.57 Å². The first-order valence-corrected chi connectivity index (χ1v) is 14.2. The molecule has 0 aromatic carbocycles. The topological polar surface area (TPSA) is 3.24 Å². The van der Waals surface area contributed by atoms with Gasteiger partial charge in [0.05, 0.1) is 0 Å². The molecule has 0 aliphatic rings. The van der Waals surface area contributed by atoms with Gasteiger partial charge in [-0.25, -0.2) is 0 Å². The van der Waals surface area contributed by atoms with E-state index in [-0.39, 0.29) is 0 Å². The predicted octanol–water partition coefficient (Wildman–Crippen LogP) is 4.97. The average Bonchev–Trinajstić information content (AvgIpc) is 2.26. The van der Waals surface area contributed by atoms with Crippen LogP contribution in [0.3, 0.4) is 0 Å². The molecule has 3 unspecified atom stereocenters. The summed E-state index contributed by atoms with van der Waals surface area (Å²) in [5.41, 5.74) is 0. The first-order valence-electron chi connectivity index (χ1n) is 8.00. The van der Waals surface area contributed by atoms with Crippen LogP contribution in [-0.2, 0) is 0 Å². The third kappa shape index (κ3) is 7.10. The van der Waals surface area contributed by atoms with Crippen LogP contribution in [0.2, 0.25) is 38.3 Å². The molecule has 1 nitrogen and oxygen atoms in total. The standard InChI is InChI=1S/C15H37NSi2/c1-9-14(3)16(15(4)10-2)17(5)12-11-13-18(6,7)8/h14-15,17H,9-13H2,1-8H3. The van der Waals surface area contributed by atoms with Gasteiger partial charge in [0.25, 0.3) is 0 Å². The van der Waals surface area contributed by atoms with Crippen LogP contribution in [0.1, 0.15) is 47.0 Å². The SMILES string of the molecule is CCC(C)N(C(C)CC)[SiH](C)CCC[Si](C)(C)C. The largest absolute Gasteiger partial charge is 0.322 e. The molecule has 0 bridgehead atoms. The number of hydrogen-bond donors (Lipinski definition) is 0. The summed E-state index contributed by atoms with van der Waals surface area (Å²) < 4.78 is 2.89. The Bertz CT molecular complexity index is 203. The lowest BCUT2D eigenvalue weighted by atomic mass is 10.2. The van der Waals surface area contributed by atoms with Crippen molar-refractivity contribution in [2.75, 3.05) is 0 Å². The molecule has 0 aromatic rings. The summed E-state index contributed by atoms with van der Waals surface area (Å²) in [4.78, 5) is 0. The molecule has 3 heteroatoms. The molecular weight excluding hydrogens is 250 g/mol. The Morgan fingerprint density at radius 2 is 1.44 bits per heavy atom. The Kier molecular flexibility index (Phi) is 8.73. The van der Waals surface area contributed by atoms with Crippen LogP contribution in [-0.4, -0.2) is 33.7 Å². The van der Waals surface area contributed by atoms with Gasteiger partial charge in [0.15, 0.2) is 0 Å². The van der Waals surface area contributed by atoms with Crippen molar-refractivity contribution in [3.63, 3.8) is 0 Å². The maximum absolute atomic E-state index is 2.89. The van der Waals surface area contributed by atoms with Gasteiger partial charge in [-0.15, -0.1) is 0 Å². The minimum absolute atomic E-state index is 0.702. The van der Waals surface area contributed by atoms with E-state index in [9.17, 15) is 0 Å². The van der Waals surface area contributed by atoms with Gasteiger partial charge in [-0.1, -0.05) is 66.3 Å². The number of hydrogen-bond acceptors (Lipinski definition) is 1. The van der Waals surface area contributed by atoms with Gasteiger partial charge in [0.1, 0.15) is 8.96 Å². The van der Waals surface area contributed by atoms with Crippen LogP contribution in [0.15, 0.2) is 0 Å². The van der Waals surface area contributed by atoms with Crippen LogP contribution in [0.4, 0.5) is 0 Å². The molecule has 0 N–H and O–H groups in total. The third-order valence-corrected chi connectivity index (χ3v) is 9.39. The van der Waals surface area contributed by atoms with Crippen molar-refractivity contribution in [1.82, 2.24) is 4.57 Å². The van der Waals surface area contributed by atoms with E-state index in [4.69, 9.17) is 0 Å². The second-order valence-electron chi connectivity index (χ2n) is 7.26. The summed E-state index contributed by atoms with van der Waals surface area (Å²) in [5, 5.41) is 0. The highest BCUT2D eigenvalue weighted by Crippen LogP contribution is 2.20. The van der Waals surface area contributed by atoms with Gasteiger partial charge in [0, 0.05) is 20.2 Å². The Balaban J connectivity index is 4.34. The molecule has 0 amide bonds. The van der Waals surface area contributed by atoms with E-state index in [2.05, 4.69) is 58.4 Å². The first-order chi connectivity index (χ1) is 8.22. The fourth-order valence-corrected chi connectivity index (χ4v) is 7.73. The van der Waals surface area contributed by atoms with E-state index in [0.717, 1.165) is 12.1 Å². The molecule has 0 saturated carbocycles. The quantitative estimate of drug-likeness (QED) is 0.541. The summed E-state index contributed by atoms with van der Waals surface area (Å²) in [6.07, 6.45) is 4.08. The molecule has 0 spiro atoms. The minimum atomic E-state index is -0.826. The Hall–Kier alpha value is 0.394. The molecule has 0 aliphatic carbocycles. The highest BCUT2D eigenvalue weighted by molar-refractivity contribution is 6.76. The Morgan fingerprint density at radius 3 is 1.78 bits per heavy atom. The lowest BCUT2D eigenvalue weighted by Gasteiger charge is -2.39. The summed E-state index contributed by atoms with van der Waals surface area (Å²) >= 11 is 0. The monoisotopic (exact) mass is 287 g/mol. The highest BCUT2D eigenvalue weighted by Gasteiger charge is 2.24. The maximum atomic E-state index is 2.89. The Morgan fingerprint density at radius 1 is 1.00 bits per heavy atom. The van der Waals surface area contributed by atoms with Crippen LogP contribution in [0.5, 0.6) is 0 Å². The van der Waals surface area contributed by atoms with Gasteiger partial charge >= 0.3 is 0 Å². The molecule has 110 valence electrons. The molecule has 3 atom stereocenters. The smallest absolute Gasteiger partial charge is 0.109 e. The van der Waals surface area contributed by atoms with Gasteiger partial charge in [-0.2, -0.15) is 0 Å². The summed E-state index contributed by atoms with van der Waals surface area (Å²) in [5.74, 6) is 0. The van der Waals surface area contributed by atoms with Crippen molar-refractivity contribution in [2.45, 2.75) is 97.3 Å². The molecule has 0 radical (unpaired) electrons.